The predicted molar refractivity (Wildman–Crippen MR) is 107 cm³/mol. The molecule has 28 heavy (non-hydrogen) atoms. The lowest BCUT2D eigenvalue weighted by Gasteiger charge is -2.39. The van der Waals surface area contributed by atoms with E-state index in [1.54, 1.807) is 12.3 Å². The number of rotatable bonds is 4. The number of halogens is 1. The van der Waals surface area contributed by atoms with Gasteiger partial charge in [-0.15, -0.1) is 0 Å². The summed E-state index contributed by atoms with van der Waals surface area (Å²) in [5.41, 5.74) is 11.1. The van der Waals surface area contributed by atoms with Crippen LogP contribution >= 0.6 is 15.9 Å². The largest absolute Gasteiger partial charge is 0.443 e. The van der Waals surface area contributed by atoms with Crippen molar-refractivity contribution in [3.63, 3.8) is 0 Å². The maximum Gasteiger partial charge on any atom is 0.405 e. The van der Waals surface area contributed by atoms with Crippen LogP contribution in [0.15, 0.2) is 29.1 Å². The van der Waals surface area contributed by atoms with Gasteiger partial charge >= 0.3 is 6.09 Å². The summed E-state index contributed by atoms with van der Waals surface area (Å²) in [6.45, 7) is 3.07. The van der Waals surface area contributed by atoms with Crippen molar-refractivity contribution in [2.45, 2.75) is 25.4 Å². The molecule has 0 radical (unpaired) electrons. The van der Waals surface area contributed by atoms with Crippen LogP contribution in [0.1, 0.15) is 30.3 Å². The average Bonchev–Trinajstić information content (AvgIpc) is 2.64. The molecule has 0 spiro atoms. The standard InChI is InChI=1S/C17H20BrN7O3/c1-17(28-16(20)27)4-7-25(8-5-17)10-3-2-6-21-14(10)24-15(26)12-13(19)22-9-11(18)23-12/h2-3,6,9H,4-5,7-8H2,1H3,(H2,19,22)(H2,20,27)(H,21,24,26). The molecule has 2 aromatic rings. The third-order valence-electron chi connectivity index (χ3n) is 4.51. The maximum atomic E-state index is 12.6. The molecule has 0 aliphatic carbocycles. The minimum Gasteiger partial charge on any atom is -0.443 e. The first-order chi connectivity index (χ1) is 13.3. The number of carbonyl (C=O) groups excluding carboxylic acids is 2. The van der Waals surface area contributed by atoms with Crippen LogP contribution in [0.4, 0.5) is 22.1 Å². The molecule has 0 aromatic carbocycles. The number of carbonyl (C=O) groups is 2. The summed E-state index contributed by atoms with van der Waals surface area (Å²) in [6.07, 6.45) is 3.42. The highest BCUT2D eigenvalue weighted by atomic mass is 79.9. The van der Waals surface area contributed by atoms with Gasteiger partial charge in [0.05, 0.1) is 11.9 Å². The molecule has 1 saturated heterocycles. The topological polar surface area (TPSA) is 149 Å². The van der Waals surface area contributed by atoms with Crippen LogP contribution < -0.4 is 21.7 Å². The summed E-state index contributed by atoms with van der Waals surface area (Å²) in [5, 5.41) is 2.74. The third kappa shape index (κ3) is 4.47. The van der Waals surface area contributed by atoms with Crippen LogP contribution in [0.5, 0.6) is 0 Å². The minimum atomic E-state index is -0.780. The average molecular weight is 450 g/mol. The van der Waals surface area contributed by atoms with E-state index in [2.05, 4.69) is 41.1 Å². The molecular weight excluding hydrogens is 430 g/mol. The number of nitrogens with two attached hydrogens (primary N) is 2. The molecule has 0 saturated carbocycles. The number of hydrogen-bond donors (Lipinski definition) is 3. The van der Waals surface area contributed by atoms with Gasteiger partial charge in [-0.3, -0.25) is 4.79 Å². The molecular formula is C17H20BrN7O3. The summed E-state index contributed by atoms with van der Waals surface area (Å²) < 4.78 is 5.63. The first-order valence-corrected chi connectivity index (χ1v) is 9.34. The highest BCUT2D eigenvalue weighted by Gasteiger charge is 2.34. The Bertz CT molecular complexity index is 900. The van der Waals surface area contributed by atoms with Crippen LogP contribution in [0.3, 0.4) is 0 Å². The Morgan fingerprint density at radius 3 is 2.71 bits per heavy atom. The number of amides is 2. The molecule has 0 unspecified atom stereocenters. The summed E-state index contributed by atoms with van der Waals surface area (Å²) in [4.78, 5) is 38.0. The highest BCUT2D eigenvalue weighted by Crippen LogP contribution is 2.32. The number of hydrogen-bond acceptors (Lipinski definition) is 8. The second kappa shape index (κ2) is 7.97. The normalized spacial score (nSPS) is 15.7. The number of aromatic nitrogens is 3. The first-order valence-electron chi connectivity index (χ1n) is 8.55. The monoisotopic (exact) mass is 449 g/mol. The van der Waals surface area contributed by atoms with Gasteiger partial charge < -0.3 is 26.4 Å². The molecule has 11 heteroatoms. The van der Waals surface area contributed by atoms with Crippen LogP contribution in [-0.4, -0.2) is 45.6 Å². The number of nitrogens with zero attached hydrogens (tertiary/aromatic N) is 4. The van der Waals surface area contributed by atoms with Crippen LogP contribution in [0.2, 0.25) is 0 Å². The van der Waals surface area contributed by atoms with E-state index in [1.165, 1.54) is 6.20 Å². The van der Waals surface area contributed by atoms with E-state index in [0.29, 0.717) is 36.4 Å². The van der Waals surface area contributed by atoms with Gasteiger partial charge in [0, 0.05) is 32.1 Å². The van der Waals surface area contributed by atoms with Crippen molar-refractivity contribution >= 4 is 45.3 Å². The molecule has 10 nitrogen and oxygen atoms in total. The molecule has 3 heterocycles. The molecule has 1 aliphatic rings. The van der Waals surface area contributed by atoms with Gasteiger partial charge in [0.15, 0.2) is 17.3 Å². The fourth-order valence-electron chi connectivity index (χ4n) is 3.02. The fourth-order valence-corrected chi connectivity index (χ4v) is 3.30. The Kier molecular flexibility index (Phi) is 5.63. The highest BCUT2D eigenvalue weighted by molar-refractivity contribution is 9.10. The van der Waals surface area contributed by atoms with E-state index in [9.17, 15) is 9.59 Å². The zero-order valence-electron chi connectivity index (χ0n) is 15.2. The lowest BCUT2D eigenvalue weighted by Crippen LogP contribution is -2.46. The van der Waals surface area contributed by atoms with Gasteiger partial charge in [-0.1, -0.05) is 0 Å². The van der Waals surface area contributed by atoms with Crippen LogP contribution in [-0.2, 0) is 4.74 Å². The van der Waals surface area contributed by atoms with Crippen molar-refractivity contribution in [3.05, 3.63) is 34.8 Å². The molecule has 3 rings (SSSR count). The van der Waals surface area contributed by atoms with Crippen LogP contribution in [0.25, 0.3) is 0 Å². The Morgan fingerprint density at radius 2 is 2.04 bits per heavy atom. The van der Waals surface area contributed by atoms with Crippen molar-refractivity contribution in [2.75, 3.05) is 29.0 Å². The zero-order chi connectivity index (χ0) is 20.3. The van der Waals surface area contributed by atoms with E-state index in [1.807, 2.05) is 13.0 Å². The van der Waals surface area contributed by atoms with Crippen molar-refractivity contribution < 1.29 is 14.3 Å². The summed E-state index contributed by atoms with van der Waals surface area (Å²) in [7, 11) is 0. The fraction of sp³-hybridized carbons (Fsp3) is 0.353. The number of primary amides is 1. The van der Waals surface area contributed by atoms with Crippen molar-refractivity contribution in [1.82, 2.24) is 15.0 Å². The van der Waals surface area contributed by atoms with E-state index in [4.69, 9.17) is 16.2 Å². The Morgan fingerprint density at radius 1 is 1.32 bits per heavy atom. The number of ether oxygens (including phenoxy) is 1. The first kappa shape index (κ1) is 19.8. The second-order valence-corrected chi connectivity index (χ2v) is 7.42. The Labute approximate surface area is 169 Å². The van der Waals surface area contributed by atoms with Crippen molar-refractivity contribution in [3.8, 4) is 0 Å². The lowest BCUT2D eigenvalue weighted by atomic mass is 9.93. The minimum absolute atomic E-state index is 0.00653. The maximum absolute atomic E-state index is 12.6. The lowest BCUT2D eigenvalue weighted by molar-refractivity contribution is 0.0127. The molecule has 0 atom stereocenters. The predicted octanol–water partition coefficient (Wildman–Crippen LogP) is 1.92. The summed E-state index contributed by atoms with van der Waals surface area (Å²) in [5.74, 6) is -0.103. The Balaban J connectivity index is 1.76. The van der Waals surface area contributed by atoms with E-state index in [0.717, 1.165) is 5.69 Å². The molecule has 0 bridgehead atoms. The van der Waals surface area contributed by atoms with Gasteiger partial charge in [-0.25, -0.2) is 19.7 Å². The molecule has 2 aromatic heterocycles. The molecule has 1 aliphatic heterocycles. The quantitative estimate of drug-likeness (QED) is 0.640. The van der Waals surface area contributed by atoms with Gasteiger partial charge in [0.1, 0.15) is 10.2 Å². The zero-order valence-corrected chi connectivity index (χ0v) is 16.8. The van der Waals surface area contributed by atoms with Gasteiger partial charge in [0.25, 0.3) is 5.91 Å². The second-order valence-electron chi connectivity index (χ2n) is 6.61. The molecule has 5 N–H and O–H groups in total. The molecule has 2 amide bonds. The number of nitrogen functional groups attached to an aromatic ring is 1. The van der Waals surface area contributed by atoms with Gasteiger partial charge in [-0.2, -0.15) is 0 Å². The molecule has 148 valence electrons. The number of nitrogens with one attached hydrogen (secondary N) is 1. The number of anilines is 3. The van der Waals surface area contributed by atoms with Gasteiger partial charge in [-0.05, 0) is 35.0 Å². The number of pyridine rings is 1. The van der Waals surface area contributed by atoms with E-state index < -0.39 is 17.6 Å². The third-order valence-corrected chi connectivity index (χ3v) is 4.90. The number of piperidine rings is 1. The molecule has 1 fully saturated rings. The SMILES string of the molecule is CC1(OC(N)=O)CCN(c2cccnc2NC(=O)c2nc(Br)cnc2N)CC1. The van der Waals surface area contributed by atoms with E-state index >= 15 is 0 Å². The Hall–Kier alpha value is -2.95. The van der Waals surface area contributed by atoms with Crippen molar-refractivity contribution in [2.24, 2.45) is 5.73 Å². The smallest absolute Gasteiger partial charge is 0.405 e. The van der Waals surface area contributed by atoms with Crippen LogP contribution in [0, 0.1) is 0 Å². The van der Waals surface area contributed by atoms with Crippen molar-refractivity contribution in [1.29, 1.82) is 0 Å². The summed E-state index contributed by atoms with van der Waals surface area (Å²) >= 11 is 3.18. The van der Waals surface area contributed by atoms with E-state index in [-0.39, 0.29) is 11.5 Å². The van der Waals surface area contributed by atoms with Gasteiger partial charge in [0.2, 0.25) is 0 Å². The summed E-state index contributed by atoms with van der Waals surface area (Å²) in [6, 6.07) is 3.64.